The van der Waals surface area contributed by atoms with Crippen molar-refractivity contribution in [2.24, 2.45) is 0 Å². The molecule has 0 aliphatic heterocycles. The molecule has 0 bridgehead atoms. The van der Waals surface area contributed by atoms with Crippen molar-refractivity contribution >= 4 is 22.5 Å². The number of carbonyl (C=O) groups is 1. The van der Waals surface area contributed by atoms with Crippen LogP contribution in [0.5, 0.6) is 11.5 Å². The number of hydrogen-bond acceptors (Lipinski definition) is 6. The van der Waals surface area contributed by atoms with Crippen LogP contribution in [0.3, 0.4) is 0 Å². The van der Waals surface area contributed by atoms with Gasteiger partial charge in [0.05, 0.1) is 19.0 Å². The normalized spacial score (nSPS) is 10.9. The lowest BCUT2D eigenvalue weighted by molar-refractivity contribution is -0.116. The summed E-state index contributed by atoms with van der Waals surface area (Å²) in [5, 5.41) is 11.0. The van der Waals surface area contributed by atoms with E-state index in [1.54, 1.807) is 54.6 Å². The first kappa shape index (κ1) is 22.8. The highest BCUT2D eigenvalue weighted by molar-refractivity contribution is 5.92. The first-order valence-electron chi connectivity index (χ1n) is 10.3. The predicted octanol–water partition coefficient (Wildman–Crippen LogP) is 4.10. The molecular weight excluding hydrogens is 446 g/mol. The summed E-state index contributed by atoms with van der Waals surface area (Å²) < 4.78 is 36.7. The van der Waals surface area contributed by atoms with Gasteiger partial charge in [-0.2, -0.15) is 8.78 Å². The Morgan fingerprint density at radius 1 is 1.09 bits per heavy atom. The highest BCUT2D eigenvalue weighted by Gasteiger charge is 2.14. The molecule has 1 heterocycles. The number of methoxy groups -OCH3 is 1. The van der Waals surface area contributed by atoms with Gasteiger partial charge in [0.25, 0.3) is 5.56 Å². The van der Waals surface area contributed by atoms with Gasteiger partial charge in [-0.15, -0.1) is 5.10 Å². The number of amides is 1. The molecule has 8 nitrogen and oxygen atoms in total. The molecule has 0 fully saturated rings. The van der Waals surface area contributed by atoms with Crippen molar-refractivity contribution in [3.05, 3.63) is 77.1 Å². The smallest absolute Gasteiger partial charge is 0.387 e. The second kappa shape index (κ2) is 10.1. The summed E-state index contributed by atoms with van der Waals surface area (Å²) in [5.41, 5.74) is 1.50. The Hall–Kier alpha value is -4.34. The minimum atomic E-state index is -3.00. The average molecular weight is 466 g/mol. The lowest BCUT2D eigenvalue weighted by Gasteiger charge is -2.14. The van der Waals surface area contributed by atoms with Crippen LogP contribution in [0.2, 0.25) is 0 Å². The molecule has 4 aromatic rings. The Morgan fingerprint density at radius 3 is 2.59 bits per heavy atom. The van der Waals surface area contributed by atoms with E-state index in [1.165, 1.54) is 19.2 Å². The minimum Gasteiger partial charge on any atom is -0.497 e. The average Bonchev–Trinajstić information content (AvgIpc) is 2.84. The molecule has 1 N–H and O–H groups in total. The largest absolute Gasteiger partial charge is 0.497 e. The number of aryl methyl sites for hydroxylation is 1. The topological polar surface area (TPSA) is 95.3 Å². The number of alkyl halides is 2. The van der Waals surface area contributed by atoms with Gasteiger partial charge in [0.2, 0.25) is 5.91 Å². The van der Waals surface area contributed by atoms with E-state index in [0.717, 1.165) is 4.68 Å². The quantitative estimate of drug-likeness (QED) is 0.420. The van der Waals surface area contributed by atoms with E-state index >= 15 is 0 Å². The summed E-state index contributed by atoms with van der Waals surface area (Å²) in [6.45, 7) is -2.97. The van der Waals surface area contributed by atoms with Crippen LogP contribution in [-0.2, 0) is 11.3 Å². The zero-order chi connectivity index (χ0) is 24.1. The standard InChI is InChI=1S/C24H20F2N4O4/c1-33-17-9-6-15(7-10-17)19-14-16(8-11-21(19)34-24(25)26)27-22(31)12-13-30-23(32)18-4-2-3-5-20(18)28-29-30/h2-11,14,24H,12-13H2,1H3,(H,27,31). The van der Waals surface area contributed by atoms with Gasteiger partial charge in [-0.05, 0) is 48.0 Å². The molecular formula is C24H20F2N4O4. The fourth-order valence-electron chi connectivity index (χ4n) is 3.40. The number of ether oxygens (including phenoxy) is 2. The lowest BCUT2D eigenvalue weighted by Crippen LogP contribution is -2.26. The molecule has 0 saturated heterocycles. The number of aromatic nitrogens is 3. The van der Waals surface area contributed by atoms with Crippen LogP contribution in [0.25, 0.3) is 22.0 Å². The molecule has 1 amide bonds. The first-order chi connectivity index (χ1) is 16.4. The highest BCUT2D eigenvalue weighted by Crippen LogP contribution is 2.34. The van der Waals surface area contributed by atoms with Crippen LogP contribution in [0.15, 0.2) is 71.5 Å². The minimum absolute atomic E-state index is 0.0282. The molecule has 0 radical (unpaired) electrons. The maximum atomic E-state index is 12.9. The maximum Gasteiger partial charge on any atom is 0.387 e. The van der Waals surface area contributed by atoms with E-state index in [4.69, 9.17) is 4.74 Å². The Labute approximate surface area is 192 Å². The predicted molar refractivity (Wildman–Crippen MR) is 122 cm³/mol. The van der Waals surface area contributed by atoms with Crippen molar-refractivity contribution in [1.29, 1.82) is 0 Å². The van der Waals surface area contributed by atoms with Gasteiger partial charge >= 0.3 is 6.61 Å². The van der Waals surface area contributed by atoms with Gasteiger partial charge in [0.15, 0.2) is 0 Å². The Kier molecular flexibility index (Phi) is 6.77. The third-order valence-corrected chi connectivity index (χ3v) is 5.06. The summed E-state index contributed by atoms with van der Waals surface area (Å²) in [6, 6.07) is 18.0. The van der Waals surface area contributed by atoms with E-state index < -0.39 is 6.61 Å². The van der Waals surface area contributed by atoms with Gasteiger partial charge in [-0.1, -0.05) is 29.5 Å². The van der Waals surface area contributed by atoms with Crippen molar-refractivity contribution in [2.45, 2.75) is 19.6 Å². The summed E-state index contributed by atoms with van der Waals surface area (Å²) in [7, 11) is 1.52. The van der Waals surface area contributed by atoms with E-state index in [9.17, 15) is 18.4 Å². The number of nitrogens with zero attached hydrogens (tertiary/aromatic N) is 3. The zero-order valence-electron chi connectivity index (χ0n) is 18.1. The summed E-state index contributed by atoms with van der Waals surface area (Å²) >= 11 is 0. The van der Waals surface area contributed by atoms with Crippen molar-refractivity contribution in [3.8, 4) is 22.6 Å². The molecule has 174 valence electrons. The zero-order valence-corrected chi connectivity index (χ0v) is 18.1. The molecule has 0 saturated carbocycles. The molecule has 4 rings (SSSR count). The number of hydrogen-bond donors (Lipinski definition) is 1. The fourth-order valence-corrected chi connectivity index (χ4v) is 3.40. The second-order valence-electron chi connectivity index (χ2n) is 7.25. The van der Waals surface area contributed by atoms with Crippen molar-refractivity contribution in [2.75, 3.05) is 12.4 Å². The second-order valence-corrected chi connectivity index (χ2v) is 7.25. The van der Waals surface area contributed by atoms with E-state index in [-0.39, 0.29) is 30.2 Å². The van der Waals surface area contributed by atoms with Gasteiger partial charge in [0, 0.05) is 17.7 Å². The van der Waals surface area contributed by atoms with Crippen molar-refractivity contribution in [3.63, 3.8) is 0 Å². The molecule has 0 aliphatic rings. The molecule has 1 aromatic heterocycles. The number of fused-ring (bicyclic) bond motifs is 1. The fraction of sp³-hybridized carbons (Fsp3) is 0.167. The molecule has 0 unspecified atom stereocenters. The third-order valence-electron chi connectivity index (χ3n) is 5.06. The summed E-state index contributed by atoms with van der Waals surface area (Å²) in [6.07, 6.45) is -0.0416. The third kappa shape index (κ3) is 5.17. The number of rotatable bonds is 8. The number of anilines is 1. The number of benzene rings is 3. The first-order valence-corrected chi connectivity index (χ1v) is 10.3. The Bertz CT molecular complexity index is 1370. The Balaban J connectivity index is 1.51. The van der Waals surface area contributed by atoms with Crippen LogP contribution >= 0.6 is 0 Å². The molecule has 34 heavy (non-hydrogen) atoms. The van der Waals surface area contributed by atoms with Crippen molar-refractivity contribution in [1.82, 2.24) is 15.0 Å². The SMILES string of the molecule is COc1ccc(-c2cc(NC(=O)CCn3nnc4ccccc4c3=O)ccc2OC(F)F)cc1. The van der Waals surface area contributed by atoms with E-state index in [1.807, 2.05) is 0 Å². The number of nitrogens with one attached hydrogen (secondary N) is 1. The van der Waals surface area contributed by atoms with Crippen LogP contribution in [-0.4, -0.2) is 34.6 Å². The van der Waals surface area contributed by atoms with Crippen LogP contribution in [0.1, 0.15) is 6.42 Å². The molecule has 3 aromatic carbocycles. The lowest BCUT2D eigenvalue weighted by atomic mass is 10.0. The van der Waals surface area contributed by atoms with Gasteiger partial charge in [-0.3, -0.25) is 9.59 Å². The van der Waals surface area contributed by atoms with Gasteiger partial charge < -0.3 is 14.8 Å². The van der Waals surface area contributed by atoms with Gasteiger partial charge in [0.1, 0.15) is 17.0 Å². The highest BCUT2D eigenvalue weighted by atomic mass is 19.3. The Morgan fingerprint density at radius 2 is 1.85 bits per heavy atom. The maximum absolute atomic E-state index is 12.9. The number of carbonyl (C=O) groups excluding carboxylic acids is 1. The molecule has 10 heteroatoms. The van der Waals surface area contributed by atoms with Crippen molar-refractivity contribution < 1.29 is 23.0 Å². The molecule has 0 aliphatic carbocycles. The van der Waals surface area contributed by atoms with E-state index in [0.29, 0.717) is 33.5 Å². The summed E-state index contributed by atoms with van der Waals surface area (Å²) in [5.74, 6) is 0.192. The van der Waals surface area contributed by atoms with Crippen LogP contribution in [0.4, 0.5) is 14.5 Å². The number of halogens is 2. The summed E-state index contributed by atoms with van der Waals surface area (Å²) in [4.78, 5) is 25.0. The van der Waals surface area contributed by atoms with Crippen LogP contribution < -0.4 is 20.3 Å². The molecule has 0 atom stereocenters. The van der Waals surface area contributed by atoms with E-state index in [2.05, 4.69) is 20.4 Å². The monoisotopic (exact) mass is 466 g/mol. The van der Waals surface area contributed by atoms with Gasteiger partial charge in [-0.25, -0.2) is 4.68 Å². The van der Waals surface area contributed by atoms with Crippen LogP contribution in [0, 0.1) is 0 Å². The molecule has 0 spiro atoms.